The average Bonchev–Trinajstić information content (AvgIpc) is 2.85. The van der Waals surface area contributed by atoms with Crippen LogP contribution in [0.1, 0.15) is 15.5 Å². The third kappa shape index (κ3) is 3.36. The van der Waals surface area contributed by atoms with Crippen molar-refractivity contribution in [1.29, 1.82) is 0 Å². The van der Waals surface area contributed by atoms with E-state index >= 15 is 0 Å². The Morgan fingerprint density at radius 1 is 1.58 bits per heavy atom. The van der Waals surface area contributed by atoms with Crippen LogP contribution in [-0.2, 0) is 6.54 Å². The first-order valence-electron chi connectivity index (χ1n) is 5.35. The number of hydrogen-bond acceptors (Lipinski definition) is 5. The Morgan fingerprint density at radius 2 is 2.37 bits per heavy atom. The molecule has 0 fully saturated rings. The van der Waals surface area contributed by atoms with Crippen LogP contribution < -0.4 is 10.1 Å². The lowest BCUT2D eigenvalue weighted by Gasteiger charge is -2.07. The number of benzene rings is 1. The minimum absolute atomic E-state index is 0.0876. The van der Waals surface area contributed by atoms with E-state index in [0.717, 1.165) is 17.0 Å². The lowest BCUT2D eigenvalue weighted by molar-refractivity contribution is 0.0696. The SMILES string of the molecule is COc1ccc(NCc2csc(C(=O)O)n2)cc1Cl. The Labute approximate surface area is 118 Å². The molecular weight excluding hydrogens is 288 g/mol. The number of carboxylic acid groups (broad SMARTS) is 1. The van der Waals surface area contributed by atoms with Crippen LogP contribution in [0.25, 0.3) is 0 Å². The van der Waals surface area contributed by atoms with Crippen LogP contribution in [0.5, 0.6) is 5.75 Å². The number of thiazole rings is 1. The van der Waals surface area contributed by atoms with E-state index < -0.39 is 5.97 Å². The highest BCUT2D eigenvalue weighted by Crippen LogP contribution is 2.27. The van der Waals surface area contributed by atoms with E-state index in [2.05, 4.69) is 10.3 Å². The monoisotopic (exact) mass is 298 g/mol. The van der Waals surface area contributed by atoms with Crippen molar-refractivity contribution in [3.05, 3.63) is 39.3 Å². The molecule has 0 aliphatic rings. The van der Waals surface area contributed by atoms with E-state index in [1.807, 2.05) is 6.07 Å². The Balaban J connectivity index is 2.01. The molecule has 5 nitrogen and oxygen atoms in total. The number of aromatic nitrogens is 1. The molecule has 100 valence electrons. The van der Waals surface area contributed by atoms with Gasteiger partial charge in [0.25, 0.3) is 0 Å². The van der Waals surface area contributed by atoms with Crippen molar-refractivity contribution in [1.82, 2.24) is 4.98 Å². The van der Waals surface area contributed by atoms with Crippen molar-refractivity contribution in [2.24, 2.45) is 0 Å². The van der Waals surface area contributed by atoms with Crippen molar-refractivity contribution in [2.75, 3.05) is 12.4 Å². The standard InChI is InChI=1S/C12H11ClN2O3S/c1-18-10-3-2-7(4-9(10)13)14-5-8-6-19-11(15-8)12(16)17/h2-4,6,14H,5H2,1H3,(H,16,17). The molecule has 0 aliphatic carbocycles. The zero-order valence-electron chi connectivity index (χ0n) is 10.0. The molecule has 1 aromatic heterocycles. The van der Waals surface area contributed by atoms with Crippen LogP contribution in [-0.4, -0.2) is 23.2 Å². The molecule has 1 aromatic carbocycles. The first-order chi connectivity index (χ1) is 9.10. The molecule has 19 heavy (non-hydrogen) atoms. The molecule has 0 saturated carbocycles. The zero-order chi connectivity index (χ0) is 13.8. The molecule has 2 rings (SSSR count). The predicted molar refractivity (Wildman–Crippen MR) is 74.4 cm³/mol. The summed E-state index contributed by atoms with van der Waals surface area (Å²) in [5.74, 6) is -0.405. The van der Waals surface area contributed by atoms with Gasteiger partial charge < -0.3 is 15.2 Å². The first kappa shape index (κ1) is 13.6. The lowest BCUT2D eigenvalue weighted by atomic mass is 10.3. The minimum atomic E-state index is -1.01. The third-order valence-electron chi connectivity index (χ3n) is 2.36. The van der Waals surface area contributed by atoms with Gasteiger partial charge in [0, 0.05) is 11.1 Å². The van der Waals surface area contributed by atoms with Gasteiger partial charge in [-0.2, -0.15) is 0 Å². The quantitative estimate of drug-likeness (QED) is 0.887. The molecule has 0 atom stereocenters. The largest absolute Gasteiger partial charge is 0.495 e. The van der Waals surface area contributed by atoms with E-state index in [9.17, 15) is 4.79 Å². The summed E-state index contributed by atoms with van der Waals surface area (Å²) in [6.45, 7) is 0.437. The normalized spacial score (nSPS) is 10.2. The molecule has 0 amide bonds. The van der Waals surface area contributed by atoms with E-state index in [1.54, 1.807) is 24.6 Å². The van der Waals surface area contributed by atoms with Crippen molar-refractivity contribution in [3.63, 3.8) is 0 Å². The average molecular weight is 299 g/mol. The van der Waals surface area contributed by atoms with Gasteiger partial charge in [0.15, 0.2) is 0 Å². The molecule has 0 aliphatic heterocycles. The topological polar surface area (TPSA) is 71.5 Å². The number of nitrogens with one attached hydrogen (secondary N) is 1. The van der Waals surface area contributed by atoms with E-state index in [1.165, 1.54) is 0 Å². The second-order valence-corrected chi connectivity index (χ2v) is 4.92. The molecule has 2 N–H and O–H groups in total. The highest BCUT2D eigenvalue weighted by molar-refractivity contribution is 7.11. The summed E-state index contributed by atoms with van der Waals surface area (Å²) in [4.78, 5) is 14.7. The Morgan fingerprint density at radius 3 is 2.95 bits per heavy atom. The zero-order valence-corrected chi connectivity index (χ0v) is 11.6. The van der Waals surface area contributed by atoms with E-state index in [-0.39, 0.29) is 5.01 Å². The summed E-state index contributed by atoms with van der Waals surface area (Å²) in [5, 5.41) is 14.2. The molecule has 0 saturated heterocycles. The fourth-order valence-corrected chi connectivity index (χ4v) is 2.37. The summed E-state index contributed by atoms with van der Waals surface area (Å²) in [6, 6.07) is 5.33. The number of carboxylic acids is 1. The molecule has 0 bridgehead atoms. The molecule has 0 unspecified atom stereocenters. The summed E-state index contributed by atoms with van der Waals surface area (Å²) >= 11 is 7.11. The van der Waals surface area contributed by atoms with Crippen molar-refractivity contribution >= 4 is 34.6 Å². The number of ether oxygens (including phenoxy) is 1. The van der Waals surface area contributed by atoms with Gasteiger partial charge in [-0.1, -0.05) is 11.6 Å². The number of methoxy groups -OCH3 is 1. The maximum Gasteiger partial charge on any atom is 0.365 e. The first-order valence-corrected chi connectivity index (χ1v) is 6.61. The summed E-state index contributed by atoms with van der Waals surface area (Å²) < 4.78 is 5.06. The number of hydrogen-bond donors (Lipinski definition) is 2. The van der Waals surface area contributed by atoms with Crippen molar-refractivity contribution in [2.45, 2.75) is 6.54 Å². The summed E-state index contributed by atoms with van der Waals surface area (Å²) in [6.07, 6.45) is 0. The van der Waals surface area contributed by atoms with Gasteiger partial charge in [0.2, 0.25) is 5.01 Å². The molecule has 2 aromatic rings. The molecule has 1 heterocycles. The number of carbonyl (C=O) groups is 1. The van der Waals surface area contributed by atoms with E-state index in [4.69, 9.17) is 21.4 Å². The summed E-state index contributed by atoms with van der Waals surface area (Å²) in [7, 11) is 1.55. The van der Waals surface area contributed by atoms with Crippen LogP contribution in [0.3, 0.4) is 0 Å². The number of nitrogens with zero attached hydrogens (tertiary/aromatic N) is 1. The highest BCUT2D eigenvalue weighted by Gasteiger charge is 2.08. The number of halogens is 1. The smallest absolute Gasteiger partial charge is 0.365 e. The van der Waals surface area contributed by atoms with Crippen LogP contribution in [0.2, 0.25) is 5.02 Å². The number of aromatic carboxylic acids is 1. The highest BCUT2D eigenvalue weighted by atomic mass is 35.5. The molecular formula is C12H11ClN2O3S. The van der Waals surface area contributed by atoms with E-state index in [0.29, 0.717) is 23.0 Å². The van der Waals surface area contributed by atoms with Crippen molar-refractivity contribution < 1.29 is 14.6 Å². The Hall–Kier alpha value is -1.79. The van der Waals surface area contributed by atoms with Crippen LogP contribution >= 0.6 is 22.9 Å². The number of anilines is 1. The minimum Gasteiger partial charge on any atom is -0.495 e. The Bertz CT molecular complexity index is 600. The lowest BCUT2D eigenvalue weighted by Crippen LogP contribution is -2.01. The van der Waals surface area contributed by atoms with Crippen LogP contribution in [0, 0.1) is 0 Å². The second kappa shape index (κ2) is 5.90. The maximum atomic E-state index is 10.7. The van der Waals surface area contributed by atoms with Gasteiger partial charge >= 0.3 is 5.97 Å². The summed E-state index contributed by atoms with van der Waals surface area (Å²) in [5.41, 5.74) is 1.49. The van der Waals surface area contributed by atoms with Gasteiger partial charge in [-0.15, -0.1) is 11.3 Å². The van der Waals surface area contributed by atoms with Gasteiger partial charge in [0.05, 0.1) is 24.4 Å². The molecule has 7 heteroatoms. The fourth-order valence-electron chi connectivity index (χ4n) is 1.46. The van der Waals surface area contributed by atoms with Gasteiger partial charge in [0.1, 0.15) is 5.75 Å². The molecule has 0 radical (unpaired) electrons. The van der Waals surface area contributed by atoms with Crippen LogP contribution in [0.4, 0.5) is 5.69 Å². The van der Waals surface area contributed by atoms with Gasteiger partial charge in [-0.3, -0.25) is 0 Å². The fraction of sp³-hybridized carbons (Fsp3) is 0.167. The Kier molecular flexibility index (Phi) is 4.24. The van der Waals surface area contributed by atoms with Crippen molar-refractivity contribution in [3.8, 4) is 5.75 Å². The number of rotatable bonds is 5. The molecule has 0 spiro atoms. The van der Waals surface area contributed by atoms with Crippen LogP contribution in [0.15, 0.2) is 23.6 Å². The van der Waals surface area contributed by atoms with Gasteiger partial charge in [-0.05, 0) is 18.2 Å². The second-order valence-electron chi connectivity index (χ2n) is 3.65. The maximum absolute atomic E-state index is 10.7. The predicted octanol–water partition coefficient (Wildman–Crippen LogP) is 3.12. The third-order valence-corrected chi connectivity index (χ3v) is 3.53. The van der Waals surface area contributed by atoms with Gasteiger partial charge in [-0.25, -0.2) is 9.78 Å².